The zero-order valence-electron chi connectivity index (χ0n) is 16.6. The Hall–Kier alpha value is -3.16. The molecule has 1 aliphatic carbocycles. The highest BCUT2D eigenvalue weighted by Crippen LogP contribution is 2.33. The Balaban J connectivity index is 1.82. The highest BCUT2D eigenvalue weighted by Gasteiger charge is 2.30. The van der Waals surface area contributed by atoms with E-state index < -0.39 is 0 Å². The van der Waals surface area contributed by atoms with Crippen LogP contribution in [0.1, 0.15) is 25.3 Å². The van der Waals surface area contributed by atoms with Gasteiger partial charge in [-0.25, -0.2) is 9.97 Å². The second-order valence-electron chi connectivity index (χ2n) is 7.36. The van der Waals surface area contributed by atoms with Crippen LogP contribution in [0, 0.1) is 5.92 Å². The fourth-order valence-corrected chi connectivity index (χ4v) is 3.32. The highest BCUT2D eigenvalue weighted by molar-refractivity contribution is 6.00. The standard InChI is InChI=1S/C20H24N6O2/c1-5-12-10-24(2)17(27)9-14(12)26(4)16-8-15-18(21-11-25(15)3)19(22-16)23-20(28)13-6-7-13/h8-11,13H,5-7H2,1-4H3,(H,22,23,28). The van der Waals surface area contributed by atoms with E-state index in [4.69, 9.17) is 0 Å². The number of anilines is 3. The first-order chi connectivity index (χ1) is 13.4. The Morgan fingerprint density at radius 2 is 2.04 bits per heavy atom. The third-order valence-electron chi connectivity index (χ3n) is 5.26. The van der Waals surface area contributed by atoms with E-state index in [-0.39, 0.29) is 17.4 Å². The van der Waals surface area contributed by atoms with E-state index in [9.17, 15) is 9.59 Å². The predicted molar refractivity (Wildman–Crippen MR) is 109 cm³/mol. The van der Waals surface area contributed by atoms with Gasteiger partial charge in [-0.15, -0.1) is 0 Å². The molecule has 8 nitrogen and oxygen atoms in total. The summed E-state index contributed by atoms with van der Waals surface area (Å²) in [6, 6.07) is 3.54. The zero-order chi connectivity index (χ0) is 20.0. The molecule has 0 aromatic carbocycles. The summed E-state index contributed by atoms with van der Waals surface area (Å²) in [5.41, 5.74) is 3.29. The summed E-state index contributed by atoms with van der Waals surface area (Å²) in [6.45, 7) is 2.05. The number of imidazole rings is 1. The third-order valence-corrected chi connectivity index (χ3v) is 5.26. The van der Waals surface area contributed by atoms with Gasteiger partial charge >= 0.3 is 0 Å². The number of hydrogen-bond donors (Lipinski definition) is 1. The summed E-state index contributed by atoms with van der Waals surface area (Å²) in [6.07, 6.45) is 6.19. The predicted octanol–water partition coefficient (Wildman–Crippen LogP) is 2.35. The molecule has 0 saturated heterocycles. The van der Waals surface area contributed by atoms with Crippen molar-refractivity contribution >= 4 is 34.3 Å². The third kappa shape index (κ3) is 3.15. The Kier molecular flexibility index (Phi) is 4.41. The fourth-order valence-electron chi connectivity index (χ4n) is 3.32. The molecule has 8 heteroatoms. The van der Waals surface area contributed by atoms with Gasteiger partial charge in [-0.1, -0.05) is 6.92 Å². The molecule has 28 heavy (non-hydrogen) atoms. The summed E-state index contributed by atoms with van der Waals surface area (Å²) in [7, 11) is 5.53. The zero-order valence-corrected chi connectivity index (χ0v) is 16.6. The van der Waals surface area contributed by atoms with Crippen molar-refractivity contribution < 1.29 is 4.79 Å². The van der Waals surface area contributed by atoms with Gasteiger partial charge in [0.25, 0.3) is 5.56 Å². The summed E-state index contributed by atoms with van der Waals surface area (Å²) in [4.78, 5) is 35.5. The molecule has 1 aliphatic rings. The maximum absolute atomic E-state index is 12.3. The molecule has 0 bridgehead atoms. The molecule has 1 fully saturated rings. The van der Waals surface area contributed by atoms with E-state index in [2.05, 4.69) is 22.2 Å². The van der Waals surface area contributed by atoms with Crippen LogP contribution in [0.15, 0.2) is 29.5 Å². The van der Waals surface area contributed by atoms with Gasteiger partial charge < -0.3 is 19.4 Å². The molecular formula is C20H24N6O2. The molecule has 1 N–H and O–H groups in total. The van der Waals surface area contributed by atoms with Crippen LogP contribution in [0.2, 0.25) is 0 Å². The number of carbonyl (C=O) groups excluding carboxylic acids is 1. The summed E-state index contributed by atoms with van der Waals surface area (Å²) in [5.74, 6) is 1.16. The molecule has 0 atom stereocenters. The minimum Gasteiger partial charge on any atom is -0.334 e. The van der Waals surface area contributed by atoms with E-state index in [1.54, 1.807) is 24.0 Å². The summed E-state index contributed by atoms with van der Waals surface area (Å²) < 4.78 is 3.47. The summed E-state index contributed by atoms with van der Waals surface area (Å²) in [5, 5.41) is 2.94. The van der Waals surface area contributed by atoms with Crippen LogP contribution in [-0.4, -0.2) is 32.1 Å². The molecule has 3 heterocycles. The number of amides is 1. The van der Waals surface area contributed by atoms with Crippen LogP contribution in [0.3, 0.4) is 0 Å². The minimum absolute atomic E-state index is 0.0120. The van der Waals surface area contributed by atoms with Gasteiger partial charge in [-0.05, 0) is 24.8 Å². The lowest BCUT2D eigenvalue weighted by Gasteiger charge is -2.22. The number of nitrogens with one attached hydrogen (secondary N) is 1. The lowest BCUT2D eigenvalue weighted by molar-refractivity contribution is -0.117. The molecule has 1 saturated carbocycles. The number of nitrogens with zero attached hydrogens (tertiary/aromatic N) is 5. The lowest BCUT2D eigenvalue weighted by Crippen LogP contribution is -2.22. The Bertz CT molecular complexity index is 1130. The molecule has 0 spiro atoms. The minimum atomic E-state index is -0.0806. The fraction of sp³-hybridized carbons (Fsp3) is 0.400. The average molecular weight is 380 g/mol. The van der Waals surface area contributed by atoms with Crippen molar-refractivity contribution in [1.82, 2.24) is 19.1 Å². The SMILES string of the molecule is CCc1cn(C)c(=O)cc1N(C)c1cc2c(ncn2C)c(NC(=O)C2CC2)n1. The van der Waals surface area contributed by atoms with Gasteiger partial charge in [0.1, 0.15) is 11.3 Å². The molecule has 3 aromatic heterocycles. The topological polar surface area (TPSA) is 85.0 Å². The van der Waals surface area contributed by atoms with Crippen LogP contribution in [0.5, 0.6) is 0 Å². The second kappa shape index (κ2) is 6.78. The first kappa shape index (κ1) is 18.2. The molecule has 4 rings (SSSR count). The van der Waals surface area contributed by atoms with E-state index in [1.165, 1.54) is 0 Å². The van der Waals surface area contributed by atoms with Gasteiger partial charge in [-0.2, -0.15) is 0 Å². The van der Waals surface area contributed by atoms with Crippen molar-refractivity contribution in [3.05, 3.63) is 40.6 Å². The lowest BCUT2D eigenvalue weighted by atomic mass is 10.1. The van der Waals surface area contributed by atoms with Gasteiger partial charge in [-0.3, -0.25) is 9.59 Å². The average Bonchev–Trinajstić information content (AvgIpc) is 3.47. The second-order valence-corrected chi connectivity index (χ2v) is 7.36. The van der Waals surface area contributed by atoms with Crippen molar-refractivity contribution in [3.63, 3.8) is 0 Å². The van der Waals surface area contributed by atoms with Crippen LogP contribution in [-0.2, 0) is 25.3 Å². The van der Waals surface area contributed by atoms with E-state index in [0.717, 1.165) is 36.0 Å². The maximum Gasteiger partial charge on any atom is 0.252 e. The van der Waals surface area contributed by atoms with Crippen molar-refractivity contribution in [2.75, 3.05) is 17.3 Å². The van der Waals surface area contributed by atoms with Gasteiger partial charge in [0, 0.05) is 45.4 Å². The number of hydrogen-bond acceptors (Lipinski definition) is 5. The molecule has 0 aliphatic heterocycles. The molecule has 1 amide bonds. The number of aromatic nitrogens is 4. The van der Waals surface area contributed by atoms with Gasteiger partial charge in [0.2, 0.25) is 5.91 Å². The van der Waals surface area contributed by atoms with Crippen molar-refractivity contribution in [2.45, 2.75) is 26.2 Å². The Morgan fingerprint density at radius 3 is 2.71 bits per heavy atom. The first-order valence-electron chi connectivity index (χ1n) is 9.45. The van der Waals surface area contributed by atoms with Crippen LogP contribution in [0.4, 0.5) is 17.3 Å². The van der Waals surface area contributed by atoms with Gasteiger partial charge in [0.05, 0.1) is 17.5 Å². The number of pyridine rings is 2. The smallest absolute Gasteiger partial charge is 0.252 e. The van der Waals surface area contributed by atoms with Crippen LogP contribution < -0.4 is 15.8 Å². The molecule has 0 unspecified atom stereocenters. The van der Waals surface area contributed by atoms with Crippen LogP contribution in [0.25, 0.3) is 11.0 Å². The number of rotatable bonds is 5. The van der Waals surface area contributed by atoms with E-state index >= 15 is 0 Å². The van der Waals surface area contributed by atoms with E-state index in [0.29, 0.717) is 17.2 Å². The Labute approximate surface area is 162 Å². The largest absolute Gasteiger partial charge is 0.334 e. The van der Waals surface area contributed by atoms with Crippen molar-refractivity contribution in [2.24, 2.45) is 20.0 Å². The molecular weight excluding hydrogens is 356 g/mol. The molecule has 146 valence electrons. The first-order valence-corrected chi connectivity index (χ1v) is 9.45. The van der Waals surface area contributed by atoms with E-state index in [1.807, 2.05) is 35.8 Å². The highest BCUT2D eigenvalue weighted by atomic mass is 16.2. The van der Waals surface area contributed by atoms with Crippen molar-refractivity contribution in [3.8, 4) is 0 Å². The maximum atomic E-state index is 12.3. The molecule has 3 aromatic rings. The summed E-state index contributed by atoms with van der Waals surface area (Å²) >= 11 is 0. The monoisotopic (exact) mass is 380 g/mol. The van der Waals surface area contributed by atoms with Crippen LogP contribution >= 0.6 is 0 Å². The quantitative estimate of drug-likeness (QED) is 0.734. The number of fused-ring (bicyclic) bond motifs is 1. The number of aryl methyl sites for hydroxylation is 3. The molecule has 0 radical (unpaired) electrons. The number of carbonyl (C=O) groups is 1. The Morgan fingerprint density at radius 1 is 1.29 bits per heavy atom. The van der Waals surface area contributed by atoms with Crippen molar-refractivity contribution in [1.29, 1.82) is 0 Å². The van der Waals surface area contributed by atoms with Gasteiger partial charge in [0.15, 0.2) is 5.82 Å². The normalized spacial score (nSPS) is 13.7.